The smallest absolute Gasteiger partial charge is 0.140 e. The van der Waals surface area contributed by atoms with Gasteiger partial charge >= 0.3 is 0 Å². The van der Waals surface area contributed by atoms with Crippen molar-refractivity contribution in [3.8, 4) is 50.8 Å². The Kier molecular flexibility index (Phi) is 21.0. The number of hydrogen-bond acceptors (Lipinski definition) is 17. The number of carbonyl (C=O) groups excluding carboxylic acids is 3. The molecule has 3 aliphatic heterocycles. The fourth-order valence-electron chi connectivity index (χ4n) is 19.3. The third-order valence-corrected chi connectivity index (χ3v) is 25.5. The number of Topliss-reactive ketones (excluding diaryl/α,β-unsaturated/α-hetero) is 3. The fraction of sp³-hybridized carbons (Fsp3) is 0.218. The number of aromatic amines is 3. The Hall–Kier alpha value is -14.9. The number of nitrogens with one attached hydrogen (secondary N) is 3. The van der Waals surface area contributed by atoms with E-state index in [4.69, 9.17) is 15.0 Å². The van der Waals surface area contributed by atoms with Crippen molar-refractivity contribution >= 4 is 101 Å². The van der Waals surface area contributed by atoms with Gasteiger partial charge in [0.2, 0.25) is 0 Å². The summed E-state index contributed by atoms with van der Waals surface area (Å²) in [5.41, 5.74) is 33.9. The van der Waals surface area contributed by atoms with Crippen molar-refractivity contribution in [2.45, 2.75) is 126 Å². The molecule has 0 saturated carbocycles. The van der Waals surface area contributed by atoms with E-state index >= 15 is 0 Å². The number of aromatic nitrogens is 17. The van der Waals surface area contributed by atoms with Crippen LogP contribution in [0.5, 0.6) is 0 Å². The molecule has 3 unspecified atom stereocenters. The summed E-state index contributed by atoms with van der Waals surface area (Å²) in [5, 5.41) is 44.5. The Labute approximate surface area is 715 Å². The molecule has 3 N–H and O–H groups in total. The molecule has 0 radical (unpaired) electrons. The molecule has 23 nitrogen and oxygen atoms in total. The topological polar surface area (TPSA) is 292 Å². The van der Waals surface area contributed by atoms with E-state index in [9.17, 15) is 14.4 Å². The van der Waals surface area contributed by atoms with Gasteiger partial charge in [-0.3, -0.25) is 53.8 Å². The minimum Gasteiger partial charge on any atom is -0.306 e. The Bertz CT molecular complexity index is 7010. The molecule has 3 atom stereocenters. The van der Waals surface area contributed by atoms with Crippen LogP contribution in [-0.4, -0.2) is 121 Å². The van der Waals surface area contributed by atoms with Crippen molar-refractivity contribution in [2.24, 2.45) is 32.7 Å². The van der Waals surface area contributed by atoms with E-state index < -0.39 is 0 Å². The van der Waals surface area contributed by atoms with Gasteiger partial charge in [0.1, 0.15) is 42.7 Å². The number of nitrogens with zero attached hydrogens (tertiary/aromatic N) is 17. The summed E-state index contributed by atoms with van der Waals surface area (Å²) in [6.45, 7) is 4.25. The highest BCUT2D eigenvalue weighted by Gasteiger charge is 2.35. The second-order valence-corrected chi connectivity index (χ2v) is 32.7. The second-order valence-electron chi connectivity index (χ2n) is 32.7. The largest absolute Gasteiger partial charge is 0.306 e. The molecule has 612 valence electrons. The Morgan fingerprint density at radius 1 is 0.387 bits per heavy atom. The predicted octanol–water partition coefficient (Wildman–Crippen LogP) is 18.4. The Balaban J connectivity index is 0.000000121. The summed E-state index contributed by atoms with van der Waals surface area (Å²) in [6.07, 6.45) is 32.0. The van der Waals surface area contributed by atoms with E-state index in [1.165, 1.54) is 50.1 Å². The van der Waals surface area contributed by atoms with Gasteiger partial charge in [-0.15, -0.1) is 20.4 Å². The lowest BCUT2D eigenvalue weighted by atomic mass is 9.77. The first-order valence-corrected chi connectivity index (χ1v) is 41.3. The van der Waals surface area contributed by atoms with Crippen molar-refractivity contribution < 1.29 is 14.4 Å². The summed E-state index contributed by atoms with van der Waals surface area (Å²) in [6, 6.07) is 54.3. The number of ketones is 3. The third-order valence-electron chi connectivity index (χ3n) is 25.5. The van der Waals surface area contributed by atoms with E-state index in [-0.39, 0.29) is 57.4 Å². The maximum atomic E-state index is 13.8. The van der Waals surface area contributed by atoms with Gasteiger partial charge in [0.15, 0.2) is 0 Å². The van der Waals surface area contributed by atoms with Gasteiger partial charge in [0.05, 0.1) is 100 Å². The van der Waals surface area contributed by atoms with Gasteiger partial charge in [0.25, 0.3) is 0 Å². The third kappa shape index (κ3) is 14.5. The number of carbonyl (C=O) groups is 3. The number of fused-ring (bicyclic) bond motifs is 18. The minimum absolute atomic E-state index is 0. The number of aliphatic imine (C=N–C) groups is 3. The molecular weight excluding hydrogens is 1540 g/mol. The van der Waals surface area contributed by atoms with Crippen molar-refractivity contribution in [3.05, 3.63) is 309 Å². The number of hydrogen-bond donors (Lipinski definition) is 3. The molecule has 0 bridgehead atoms. The van der Waals surface area contributed by atoms with E-state index in [0.717, 1.165) is 213 Å². The van der Waals surface area contributed by atoms with Crippen LogP contribution in [-0.2, 0) is 91.8 Å². The summed E-state index contributed by atoms with van der Waals surface area (Å²) in [7, 11) is 0. The molecule has 9 aromatic heterocycles. The SMILES string of the molecule is C.C.C.Cc1cc(CC(=O)C2CCc3c(c(-c4ccc5c(c4)C=NC5)nc4ccc5[nH]ncc5c34)C2)ccc1-n1cnnc1.O=C(Cc1ccc(-n2ccnc2)cc1)C1CCc2c(c(-c3ccc4c(c3)C=NC4)nc3ccc4[nH]ncc4c23)C1.O=C(Cc1ccc(-n2cnnc2)cc1)C1CCc2c(c(-c3ccc4c(c3)C=NC4)nc3ccc4[nH]ncc4c23)C1. The first-order valence-electron chi connectivity index (χ1n) is 41.3. The number of pyridine rings is 3. The van der Waals surface area contributed by atoms with E-state index in [1.807, 2.05) is 124 Å². The van der Waals surface area contributed by atoms with Crippen molar-refractivity contribution in [1.82, 2.24) is 84.6 Å². The van der Waals surface area contributed by atoms with E-state index in [0.29, 0.717) is 38.5 Å². The zero-order chi connectivity index (χ0) is 80.8. The quantitative estimate of drug-likeness (QED) is 0.0860. The zero-order valence-electron chi connectivity index (χ0n) is 66.2. The van der Waals surface area contributed by atoms with Crippen molar-refractivity contribution in [2.75, 3.05) is 0 Å². The van der Waals surface area contributed by atoms with Gasteiger partial charge in [-0.05, 0) is 239 Å². The maximum absolute atomic E-state index is 13.8. The molecule has 18 aromatic rings. The number of aryl methyl sites for hydroxylation is 4. The number of imidazole rings is 1. The van der Waals surface area contributed by atoms with Crippen LogP contribution in [0.4, 0.5) is 0 Å². The molecule has 0 spiro atoms. The molecule has 12 heterocycles. The second kappa shape index (κ2) is 32.9. The van der Waals surface area contributed by atoms with Crippen molar-refractivity contribution in [3.63, 3.8) is 0 Å². The molecule has 124 heavy (non-hydrogen) atoms. The fourth-order valence-corrected chi connectivity index (χ4v) is 19.3. The van der Waals surface area contributed by atoms with Gasteiger partial charge in [0, 0.05) is 128 Å². The molecular formula is C101H90N20O3. The molecule has 9 aromatic carbocycles. The van der Waals surface area contributed by atoms with Crippen LogP contribution in [0.1, 0.15) is 131 Å². The van der Waals surface area contributed by atoms with Gasteiger partial charge < -0.3 is 4.57 Å². The van der Waals surface area contributed by atoms with Crippen LogP contribution >= 0.6 is 0 Å². The lowest BCUT2D eigenvalue weighted by Gasteiger charge is -2.27. The number of rotatable bonds is 15. The summed E-state index contributed by atoms with van der Waals surface area (Å²) in [4.78, 5) is 74.2. The standard InChI is InChI=1S/C33H27N7O.C33H26N6O.C32H25N7O.3CH4/c1-19-10-20(2-9-30(19)40-17-36-37-18-40)11-31(41)21-5-6-25-26(13-21)33(22-3-4-23-14-34-15-24(23)12-22)38-29-8-7-28-27(32(25)29)16-35-39-28;40-31(13-20-1-6-25(7-2-20)39-12-11-34-19-39)21-5-8-26-27(15-21)33(22-3-4-23-16-35-17-24(23)14-22)37-30-10-9-29-28(32(26)30)18-36-38-29;40-30(11-19-1-6-24(7-2-19)39-17-35-36-18-39)20-5-8-25-26(13-20)32(21-3-4-22-14-33-15-23(22)12-21)37-29-10-9-28-27(31(25)29)16-34-38-28;;;/h2-4,7-10,12,15-18,21H,5-6,11,13-14H2,1H3,(H,35,39);1-4,6-7,9-12,14,17-19,21H,5,8,13,15-16H2,(H,36,38);1-4,6-7,9-10,12,15-18,20H,5,8,11,13-14H2,(H,34,38);3*1H4. The summed E-state index contributed by atoms with van der Waals surface area (Å²) >= 11 is 0. The molecule has 23 heteroatoms. The highest BCUT2D eigenvalue weighted by molar-refractivity contribution is 6.11. The molecule has 0 saturated heterocycles. The molecule has 0 amide bonds. The molecule has 6 aliphatic rings. The Morgan fingerprint density at radius 3 is 1.14 bits per heavy atom. The zero-order valence-corrected chi connectivity index (χ0v) is 66.2. The maximum Gasteiger partial charge on any atom is 0.140 e. The van der Waals surface area contributed by atoms with Gasteiger partial charge in [-0.25, -0.2) is 19.9 Å². The number of H-pyrrole nitrogens is 3. The van der Waals surface area contributed by atoms with E-state index in [2.05, 4.69) is 169 Å². The van der Waals surface area contributed by atoms with Crippen LogP contribution in [0.2, 0.25) is 0 Å². The number of benzene rings is 9. The average Bonchev–Trinajstić information content (AvgIpc) is 1.26. The van der Waals surface area contributed by atoms with Crippen LogP contribution in [0.15, 0.2) is 235 Å². The minimum atomic E-state index is -0.0575. The lowest BCUT2D eigenvalue weighted by Crippen LogP contribution is -2.25. The van der Waals surface area contributed by atoms with Crippen molar-refractivity contribution in [1.29, 1.82) is 0 Å². The van der Waals surface area contributed by atoms with Crippen LogP contribution < -0.4 is 0 Å². The van der Waals surface area contributed by atoms with Crippen LogP contribution in [0.3, 0.4) is 0 Å². The average molecular weight is 1630 g/mol. The highest BCUT2D eigenvalue weighted by atomic mass is 16.1. The van der Waals surface area contributed by atoms with Crippen LogP contribution in [0, 0.1) is 24.7 Å². The monoisotopic (exact) mass is 1630 g/mol. The van der Waals surface area contributed by atoms with Gasteiger partial charge in [-0.1, -0.05) is 95.1 Å². The normalized spacial score (nSPS) is 15.5. The summed E-state index contributed by atoms with van der Waals surface area (Å²) < 4.78 is 5.70. The molecule has 3 aliphatic carbocycles. The first kappa shape index (κ1) is 78.9. The van der Waals surface area contributed by atoms with E-state index in [1.54, 1.807) is 37.8 Å². The van der Waals surface area contributed by atoms with Gasteiger partial charge in [-0.2, -0.15) is 15.3 Å². The van der Waals surface area contributed by atoms with Crippen LogP contribution in [0.25, 0.3) is 116 Å². The molecule has 24 rings (SSSR count). The Morgan fingerprint density at radius 2 is 0.758 bits per heavy atom. The first-order chi connectivity index (χ1) is 59.5. The predicted molar refractivity (Wildman–Crippen MR) is 488 cm³/mol. The molecule has 0 fully saturated rings. The lowest BCUT2D eigenvalue weighted by molar-refractivity contribution is -0.123. The summed E-state index contributed by atoms with van der Waals surface area (Å²) in [5.74, 6) is 0.686. The highest BCUT2D eigenvalue weighted by Crippen LogP contribution is 2.45.